The normalized spacial score (nSPS) is 18.7. The van der Waals surface area contributed by atoms with Crippen molar-refractivity contribution in [3.63, 3.8) is 0 Å². The summed E-state index contributed by atoms with van der Waals surface area (Å²) < 4.78 is 8.97. The Morgan fingerprint density at radius 3 is 2.27 bits per heavy atom. The number of hydrogen-bond acceptors (Lipinski definition) is 6. The van der Waals surface area contributed by atoms with Crippen molar-refractivity contribution >= 4 is 78.0 Å². The van der Waals surface area contributed by atoms with E-state index < -0.39 is 0 Å². The van der Waals surface area contributed by atoms with Crippen LogP contribution in [0.5, 0.6) is 5.75 Å². The Labute approximate surface area is 346 Å². The number of hydrogen-bond donors (Lipinski definition) is 1. The molecule has 0 spiro atoms. The second kappa shape index (κ2) is 13.7. The summed E-state index contributed by atoms with van der Waals surface area (Å²) in [5, 5.41) is 6.17. The number of allylic oxidation sites excluding steroid dienone is 2. The Hall–Kier alpha value is -7.28. The molecular formula is C53H36N4OS. The van der Waals surface area contributed by atoms with Crippen molar-refractivity contribution in [2.45, 2.75) is 18.2 Å². The van der Waals surface area contributed by atoms with E-state index in [1.807, 2.05) is 47.7 Å². The molecule has 7 aromatic carbocycles. The second-order valence-corrected chi connectivity index (χ2v) is 16.4. The summed E-state index contributed by atoms with van der Waals surface area (Å²) in [6.07, 6.45) is 10.8. The molecule has 4 heterocycles. The quantitative estimate of drug-likeness (QED) is 0.189. The van der Waals surface area contributed by atoms with Gasteiger partial charge in [0.15, 0.2) is 6.17 Å². The Morgan fingerprint density at radius 1 is 0.610 bits per heavy atom. The first-order valence-corrected chi connectivity index (χ1v) is 20.9. The fraction of sp³-hybridized carbons (Fsp3) is 0.0566. The largest absolute Gasteiger partial charge is 0.485 e. The van der Waals surface area contributed by atoms with Gasteiger partial charge in [-0.3, -0.25) is 0 Å². The van der Waals surface area contributed by atoms with Crippen LogP contribution in [-0.4, -0.2) is 17.8 Å². The van der Waals surface area contributed by atoms with E-state index in [-0.39, 0.29) is 18.2 Å². The maximum atomic E-state index is 6.43. The van der Waals surface area contributed by atoms with Crippen molar-refractivity contribution < 1.29 is 4.74 Å². The Bertz CT molecular complexity index is 3140. The molecule has 0 amide bonds. The number of anilines is 3. The number of benzene rings is 7. The van der Waals surface area contributed by atoms with Gasteiger partial charge < -0.3 is 15.0 Å². The average molecular weight is 777 g/mol. The topological polar surface area (TPSA) is 49.2 Å². The number of ether oxygens (including phenoxy) is 1. The minimum absolute atomic E-state index is 0.0169. The highest BCUT2D eigenvalue weighted by Gasteiger charge is 2.37. The van der Waals surface area contributed by atoms with Gasteiger partial charge >= 0.3 is 0 Å². The van der Waals surface area contributed by atoms with Gasteiger partial charge in [0, 0.05) is 43.4 Å². The minimum Gasteiger partial charge on any atom is -0.485 e. The summed E-state index contributed by atoms with van der Waals surface area (Å²) in [7, 11) is 0. The van der Waals surface area contributed by atoms with Gasteiger partial charge in [0.2, 0.25) is 0 Å². The number of aliphatic imine (C=N–C) groups is 2. The van der Waals surface area contributed by atoms with Crippen molar-refractivity contribution in [3.05, 3.63) is 221 Å². The lowest BCUT2D eigenvalue weighted by atomic mass is 9.81. The molecule has 3 unspecified atom stereocenters. The first-order chi connectivity index (χ1) is 29.2. The molecule has 1 aliphatic carbocycles. The fourth-order valence-electron chi connectivity index (χ4n) is 9.08. The Balaban J connectivity index is 1.02. The van der Waals surface area contributed by atoms with Gasteiger partial charge in [-0.15, -0.1) is 11.3 Å². The molecule has 3 atom stereocenters. The minimum atomic E-state index is -0.382. The molecular weight excluding hydrogens is 741 g/mol. The number of nitrogens with one attached hydrogen (secondary N) is 1. The standard InChI is InChI=1S/C53H36N4OS/c1-3-13-34(14-4-1)51-54-52(35-15-5-2-6-16-35)56-53(55-51)38-17-11-18-39(32-38)57-44-30-28-36(40-21-12-23-46-48(40)43-20-7-9-22-45(43)58-46)31-37(44)26-25-33-27-29-42-41-19-8-10-24-47(41)59-50(42)49(33)57/h1-32,46,48,51H,(H,54,55,56). The second-order valence-electron chi connectivity index (χ2n) is 15.3. The molecule has 0 saturated heterocycles. The van der Waals surface area contributed by atoms with Crippen LogP contribution >= 0.6 is 11.3 Å². The first-order valence-electron chi connectivity index (χ1n) is 20.1. The summed E-state index contributed by atoms with van der Waals surface area (Å²) in [6, 6.07) is 58.2. The third-order valence-corrected chi connectivity index (χ3v) is 13.0. The fourth-order valence-corrected chi connectivity index (χ4v) is 10.3. The van der Waals surface area contributed by atoms with E-state index in [0.29, 0.717) is 0 Å². The molecule has 3 aliphatic heterocycles. The summed E-state index contributed by atoms with van der Waals surface area (Å²) in [4.78, 5) is 12.8. The van der Waals surface area contributed by atoms with E-state index in [9.17, 15) is 0 Å². The molecule has 0 saturated carbocycles. The Morgan fingerprint density at radius 2 is 1.37 bits per heavy atom. The van der Waals surface area contributed by atoms with Crippen molar-refractivity contribution in [1.82, 2.24) is 5.32 Å². The number of fused-ring (bicyclic) bond motifs is 9. The molecule has 5 nitrogen and oxygen atoms in total. The van der Waals surface area contributed by atoms with E-state index in [1.165, 1.54) is 48.1 Å². The van der Waals surface area contributed by atoms with Gasteiger partial charge in [0.25, 0.3) is 0 Å². The molecule has 4 aliphatic rings. The average Bonchev–Trinajstić information content (AvgIpc) is 3.83. The lowest BCUT2D eigenvalue weighted by Gasteiger charge is -2.29. The lowest BCUT2D eigenvalue weighted by molar-refractivity contribution is 0.271. The zero-order chi connectivity index (χ0) is 38.9. The SMILES string of the molecule is C1=CC2Oc3ccccc3C2C(c2ccc3c(c2)C=Cc2ccc4c(sc5ccccc54)c2N3c2cccc(C3=NC(c4ccccc4)N=C(c4ccccc4)N3)c2)=C1. The maximum absolute atomic E-state index is 6.43. The van der Waals surface area contributed by atoms with Gasteiger partial charge in [-0.25, -0.2) is 9.98 Å². The molecule has 6 heteroatoms. The highest BCUT2D eigenvalue weighted by Crippen LogP contribution is 2.52. The molecule has 0 fully saturated rings. The van der Waals surface area contributed by atoms with E-state index in [2.05, 4.69) is 168 Å². The number of amidine groups is 2. The molecule has 0 bridgehead atoms. The molecule has 8 aromatic rings. The smallest absolute Gasteiger partial charge is 0.169 e. The van der Waals surface area contributed by atoms with Crippen LogP contribution in [0.2, 0.25) is 0 Å². The Kier molecular flexibility index (Phi) is 7.84. The van der Waals surface area contributed by atoms with Gasteiger partial charge in [0.1, 0.15) is 23.5 Å². The van der Waals surface area contributed by atoms with Crippen LogP contribution in [-0.2, 0) is 0 Å². The zero-order valence-electron chi connectivity index (χ0n) is 31.9. The molecule has 1 aromatic heterocycles. The van der Waals surface area contributed by atoms with Crippen LogP contribution in [0, 0.1) is 0 Å². The molecule has 1 N–H and O–H groups in total. The van der Waals surface area contributed by atoms with Crippen molar-refractivity contribution in [2.75, 3.05) is 4.90 Å². The van der Waals surface area contributed by atoms with Crippen LogP contribution in [0.25, 0.3) is 37.9 Å². The van der Waals surface area contributed by atoms with Gasteiger partial charge in [0.05, 0.1) is 22.0 Å². The van der Waals surface area contributed by atoms with Gasteiger partial charge in [-0.2, -0.15) is 0 Å². The monoisotopic (exact) mass is 776 g/mol. The van der Waals surface area contributed by atoms with Crippen LogP contribution in [0.3, 0.4) is 0 Å². The number of nitrogens with zero attached hydrogens (tertiary/aromatic N) is 3. The lowest BCUT2D eigenvalue weighted by Crippen LogP contribution is -2.36. The predicted octanol–water partition coefficient (Wildman–Crippen LogP) is 13.0. The van der Waals surface area contributed by atoms with Crippen LogP contribution in [0.4, 0.5) is 17.1 Å². The molecule has 59 heavy (non-hydrogen) atoms. The van der Waals surface area contributed by atoms with Crippen LogP contribution < -0.4 is 15.0 Å². The van der Waals surface area contributed by atoms with Crippen LogP contribution in [0.1, 0.15) is 51.0 Å². The third kappa shape index (κ3) is 5.67. The van der Waals surface area contributed by atoms with E-state index >= 15 is 0 Å². The predicted molar refractivity (Wildman–Crippen MR) is 245 cm³/mol. The number of para-hydroxylation sites is 1. The highest BCUT2D eigenvalue weighted by molar-refractivity contribution is 7.26. The van der Waals surface area contributed by atoms with Crippen molar-refractivity contribution in [1.29, 1.82) is 0 Å². The molecule has 280 valence electrons. The van der Waals surface area contributed by atoms with E-state index in [4.69, 9.17) is 14.7 Å². The molecule has 0 radical (unpaired) electrons. The van der Waals surface area contributed by atoms with Crippen LogP contribution in [0.15, 0.2) is 192 Å². The highest BCUT2D eigenvalue weighted by atomic mass is 32.1. The summed E-state index contributed by atoms with van der Waals surface area (Å²) >= 11 is 1.86. The van der Waals surface area contributed by atoms with E-state index in [0.717, 1.165) is 51.0 Å². The van der Waals surface area contributed by atoms with Crippen molar-refractivity contribution in [3.8, 4) is 5.75 Å². The summed E-state index contributed by atoms with van der Waals surface area (Å²) in [5.41, 5.74) is 12.4. The first kappa shape index (κ1) is 33.8. The third-order valence-electron chi connectivity index (χ3n) is 11.8. The number of rotatable bonds is 5. The van der Waals surface area contributed by atoms with Gasteiger partial charge in [-0.1, -0.05) is 152 Å². The zero-order valence-corrected chi connectivity index (χ0v) is 32.7. The molecule has 12 rings (SSSR count). The summed E-state index contributed by atoms with van der Waals surface area (Å²) in [6.45, 7) is 0. The van der Waals surface area contributed by atoms with Crippen molar-refractivity contribution in [2.24, 2.45) is 9.98 Å². The number of thiophene rings is 1. The van der Waals surface area contributed by atoms with E-state index in [1.54, 1.807) is 0 Å². The summed E-state index contributed by atoms with van der Waals surface area (Å²) in [5.74, 6) is 2.69. The van der Waals surface area contributed by atoms with Gasteiger partial charge in [-0.05, 0) is 64.7 Å². The maximum Gasteiger partial charge on any atom is 0.169 e.